The zero-order chi connectivity index (χ0) is 15.3. The molecule has 7 heteroatoms. The van der Waals surface area contributed by atoms with Crippen LogP contribution in [0.15, 0.2) is 0 Å². The van der Waals surface area contributed by atoms with E-state index in [1.807, 2.05) is 0 Å². The fourth-order valence-corrected chi connectivity index (χ4v) is 2.15. The fraction of sp³-hybridized carbons (Fsp3) is 0.929. The van der Waals surface area contributed by atoms with Crippen molar-refractivity contribution in [2.45, 2.75) is 18.9 Å². The number of rotatable bonds is 12. The molecule has 7 nitrogen and oxygen atoms in total. The van der Waals surface area contributed by atoms with Crippen molar-refractivity contribution < 1.29 is 28.8 Å². The number of piperidine rings is 1. The summed E-state index contributed by atoms with van der Waals surface area (Å²) in [5.74, 6) is -0.904. The SMILES string of the molecule is COCCOCCOCCN1CCC(OCC(=O)O)CC1. The van der Waals surface area contributed by atoms with Crippen molar-refractivity contribution in [1.82, 2.24) is 4.90 Å². The van der Waals surface area contributed by atoms with Crippen molar-refractivity contribution in [2.24, 2.45) is 0 Å². The molecule has 0 aromatic heterocycles. The van der Waals surface area contributed by atoms with Crippen LogP contribution in [0.5, 0.6) is 0 Å². The second-order valence-electron chi connectivity index (χ2n) is 4.96. The van der Waals surface area contributed by atoms with Crippen LogP contribution in [0.4, 0.5) is 0 Å². The molecular weight excluding hydrogens is 278 g/mol. The van der Waals surface area contributed by atoms with Gasteiger partial charge in [-0.05, 0) is 12.8 Å². The van der Waals surface area contributed by atoms with Crippen LogP contribution in [-0.4, -0.2) is 88.5 Å². The molecule has 0 aromatic rings. The van der Waals surface area contributed by atoms with E-state index in [1.54, 1.807) is 7.11 Å². The van der Waals surface area contributed by atoms with Gasteiger partial charge in [-0.25, -0.2) is 4.79 Å². The van der Waals surface area contributed by atoms with Crippen molar-refractivity contribution in [3.63, 3.8) is 0 Å². The van der Waals surface area contributed by atoms with Crippen LogP contribution in [0, 0.1) is 0 Å². The number of hydrogen-bond donors (Lipinski definition) is 1. The standard InChI is InChI=1S/C14H27NO6/c1-18-8-9-20-11-10-19-7-6-15-4-2-13(3-5-15)21-12-14(16)17/h13H,2-12H2,1H3,(H,16,17). The molecule has 0 unspecified atom stereocenters. The van der Waals surface area contributed by atoms with Crippen LogP contribution in [-0.2, 0) is 23.7 Å². The lowest BCUT2D eigenvalue weighted by Gasteiger charge is -2.31. The third kappa shape index (κ3) is 9.76. The van der Waals surface area contributed by atoms with Crippen molar-refractivity contribution in [2.75, 3.05) is 66.4 Å². The minimum atomic E-state index is -0.904. The fourth-order valence-electron chi connectivity index (χ4n) is 2.15. The largest absolute Gasteiger partial charge is 0.480 e. The van der Waals surface area contributed by atoms with Crippen LogP contribution in [0.2, 0.25) is 0 Å². The molecule has 1 aliphatic rings. The highest BCUT2D eigenvalue weighted by atomic mass is 16.5. The quantitative estimate of drug-likeness (QED) is 0.517. The molecule has 1 heterocycles. The van der Waals surface area contributed by atoms with E-state index in [4.69, 9.17) is 24.1 Å². The lowest BCUT2D eigenvalue weighted by atomic mass is 10.1. The lowest BCUT2D eigenvalue weighted by Crippen LogP contribution is -2.39. The number of methoxy groups -OCH3 is 1. The summed E-state index contributed by atoms with van der Waals surface area (Å²) < 4.78 is 21.0. The molecule has 124 valence electrons. The Balaban J connectivity index is 1.90. The van der Waals surface area contributed by atoms with Crippen molar-refractivity contribution >= 4 is 5.97 Å². The van der Waals surface area contributed by atoms with E-state index in [0.717, 1.165) is 32.5 Å². The molecule has 0 aromatic carbocycles. The van der Waals surface area contributed by atoms with Crippen molar-refractivity contribution in [1.29, 1.82) is 0 Å². The van der Waals surface area contributed by atoms with Gasteiger partial charge in [0.15, 0.2) is 0 Å². The third-order valence-corrected chi connectivity index (χ3v) is 3.33. The van der Waals surface area contributed by atoms with E-state index in [1.165, 1.54) is 0 Å². The maximum absolute atomic E-state index is 10.4. The summed E-state index contributed by atoms with van der Waals surface area (Å²) in [6.07, 6.45) is 1.84. The monoisotopic (exact) mass is 305 g/mol. The smallest absolute Gasteiger partial charge is 0.329 e. The first-order valence-electron chi connectivity index (χ1n) is 7.42. The number of carboxylic acids is 1. The van der Waals surface area contributed by atoms with Gasteiger partial charge in [-0.1, -0.05) is 0 Å². The summed E-state index contributed by atoms with van der Waals surface area (Å²) in [6.45, 7) is 5.64. The Kier molecular flexibility index (Phi) is 10.4. The number of ether oxygens (including phenoxy) is 4. The van der Waals surface area contributed by atoms with Gasteiger partial charge >= 0.3 is 5.97 Å². The highest BCUT2D eigenvalue weighted by Gasteiger charge is 2.19. The normalized spacial score (nSPS) is 17.2. The Morgan fingerprint density at radius 2 is 1.71 bits per heavy atom. The summed E-state index contributed by atoms with van der Waals surface area (Å²) in [4.78, 5) is 12.7. The van der Waals surface area contributed by atoms with Gasteiger partial charge in [0.1, 0.15) is 6.61 Å². The van der Waals surface area contributed by atoms with Crippen molar-refractivity contribution in [3.05, 3.63) is 0 Å². The molecule has 0 bridgehead atoms. The maximum atomic E-state index is 10.4. The molecule has 0 radical (unpaired) electrons. The minimum absolute atomic E-state index is 0.0763. The van der Waals surface area contributed by atoms with Gasteiger partial charge in [0.05, 0.1) is 39.1 Å². The van der Waals surface area contributed by atoms with Gasteiger partial charge in [-0.15, -0.1) is 0 Å². The molecule has 1 saturated heterocycles. The van der Waals surface area contributed by atoms with Gasteiger partial charge < -0.3 is 29.0 Å². The number of nitrogens with zero attached hydrogens (tertiary/aromatic N) is 1. The van der Waals surface area contributed by atoms with Crippen LogP contribution in [0.1, 0.15) is 12.8 Å². The Hall–Kier alpha value is -0.730. The number of hydrogen-bond acceptors (Lipinski definition) is 6. The van der Waals surface area contributed by atoms with Crippen molar-refractivity contribution in [3.8, 4) is 0 Å². The zero-order valence-corrected chi connectivity index (χ0v) is 12.8. The van der Waals surface area contributed by atoms with Gasteiger partial charge in [-0.2, -0.15) is 0 Å². The van der Waals surface area contributed by atoms with Crippen LogP contribution in [0.3, 0.4) is 0 Å². The predicted molar refractivity (Wildman–Crippen MR) is 76.6 cm³/mol. The molecular formula is C14H27NO6. The van der Waals surface area contributed by atoms with Gasteiger partial charge in [0.25, 0.3) is 0 Å². The van der Waals surface area contributed by atoms with E-state index in [2.05, 4.69) is 4.90 Å². The number of carbonyl (C=O) groups is 1. The van der Waals surface area contributed by atoms with E-state index in [9.17, 15) is 4.79 Å². The first-order chi connectivity index (χ1) is 10.2. The summed E-state index contributed by atoms with van der Waals surface area (Å²) in [5, 5.41) is 8.56. The van der Waals surface area contributed by atoms with Gasteiger partial charge in [0, 0.05) is 26.7 Å². The molecule has 0 amide bonds. The first kappa shape index (κ1) is 18.3. The average molecular weight is 305 g/mol. The van der Waals surface area contributed by atoms with Gasteiger partial charge in [-0.3, -0.25) is 0 Å². The molecule has 1 rings (SSSR count). The van der Waals surface area contributed by atoms with E-state index in [-0.39, 0.29) is 12.7 Å². The lowest BCUT2D eigenvalue weighted by molar-refractivity contribution is -0.145. The molecule has 21 heavy (non-hydrogen) atoms. The number of carboxylic acid groups (broad SMARTS) is 1. The van der Waals surface area contributed by atoms with Crippen LogP contribution in [0.25, 0.3) is 0 Å². The second kappa shape index (κ2) is 11.9. The third-order valence-electron chi connectivity index (χ3n) is 3.33. The Morgan fingerprint density at radius 3 is 2.33 bits per heavy atom. The summed E-state index contributed by atoms with van der Waals surface area (Å²) in [5.41, 5.74) is 0. The summed E-state index contributed by atoms with van der Waals surface area (Å²) >= 11 is 0. The number of aliphatic carboxylic acids is 1. The second-order valence-corrected chi connectivity index (χ2v) is 4.96. The molecule has 1 fully saturated rings. The Labute approximate surface area is 126 Å². The van der Waals surface area contributed by atoms with E-state index >= 15 is 0 Å². The van der Waals surface area contributed by atoms with Crippen LogP contribution < -0.4 is 0 Å². The minimum Gasteiger partial charge on any atom is -0.480 e. The Bertz CT molecular complexity index is 268. The number of likely N-dealkylation sites (tertiary alicyclic amines) is 1. The molecule has 0 atom stereocenters. The predicted octanol–water partition coefficient (Wildman–Crippen LogP) is 0.232. The first-order valence-corrected chi connectivity index (χ1v) is 7.42. The summed E-state index contributed by atoms with van der Waals surface area (Å²) in [6, 6.07) is 0. The topological polar surface area (TPSA) is 77.5 Å². The molecule has 0 spiro atoms. The molecule has 1 N–H and O–H groups in total. The van der Waals surface area contributed by atoms with E-state index < -0.39 is 5.97 Å². The van der Waals surface area contributed by atoms with Crippen LogP contribution >= 0.6 is 0 Å². The zero-order valence-electron chi connectivity index (χ0n) is 12.8. The average Bonchev–Trinajstić information content (AvgIpc) is 2.49. The highest BCUT2D eigenvalue weighted by molar-refractivity contribution is 5.68. The summed E-state index contributed by atoms with van der Waals surface area (Å²) in [7, 11) is 1.65. The molecule has 0 saturated carbocycles. The highest BCUT2D eigenvalue weighted by Crippen LogP contribution is 2.13. The Morgan fingerprint density at radius 1 is 1.10 bits per heavy atom. The van der Waals surface area contributed by atoms with Gasteiger partial charge in [0.2, 0.25) is 0 Å². The molecule has 0 aliphatic carbocycles. The van der Waals surface area contributed by atoms with E-state index in [0.29, 0.717) is 33.0 Å². The molecule has 1 aliphatic heterocycles. The maximum Gasteiger partial charge on any atom is 0.329 e.